The van der Waals surface area contributed by atoms with Crippen LogP contribution in [0.25, 0.3) is 10.8 Å². The Labute approximate surface area is 101 Å². The van der Waals surface area contributed by atoms with Crippen LogP contribution >= 0.6 is 23.2 Å². The Bertz CT molecular complexity index is 599. The van der Waals surface area contributed by atoms with Crippen LogP contribution in [0.2, 0.25) is 10.0 Å². The number of nitrogens with zero attached hydrogens (tertiary/aromatic N) is 1. The van der Waals surface area contributed by atoms with E-state index in [1.165, 1.54) is 18.2 Å². The van der Waals surface area contributed by atoms with Crippen molar-refractivity contribution >= 4 is 45.3 Å². The fraction of sp³-hybridized carbons (Fsp3) is 0. The predicted octanol–water partition coefficient (Wildman–Crippen LogP) is 3.64. The molecule has 2 rings (SSSR count). The van der Waals surface area contributed by atoms with E-state index in [0.29, 0.717) is 21.5 Å². The summed E-state index contributed by atoms with van der Waals surface area (Å²) in [5, 5.41) is 12.5. The summed E-state index contributed by atoms with van der Waals surface area (Å²) in [5.41, 5.74) is 6.00. The van der Waals surface area contributed by atoms with E-state index in [2.05, 4.69) is 0 Å². The minimum atomic E-state index is -0.492. The summed E-state index contributed by atoms with van der Waals surface area (Å²) < 4.78 is 0. The van der Waals surface area contributed by atoms with Gasteiger partial charge in [-0.2, -0.15) is 0 Å². The standard InChI is InChI=1S/C10H6Cl2N2O2/c11-8-4-9(12)10(13)7-3-5(14(15)16)1-2-6(7)8/h1-4H,13H2. The monoisotopic (exact) mass is 256 g/mol. The molecule has 0 unspecified atom stereocenters. The third-order valence-corrected chi connectivity index (χ3v) is 2.90. The molecule has 2 aromatic carbocycles. The summed E-state index contributed by atoms with van der Waals surface area (Å²) in [6.07, 6.45) is 0. The van der Waals surface area contributed by atoms with Crippen molar-refractivity contribution in [3.63, 3.8) is 0 Å². The normalized spacial score (nSPS) is 10.6. The summed E-state index contributed by atoms with van der Waals surface area (Å²) in [4.78, 5) is 10.1. The van der Waals surface area contributed by atoms with Crippen LogP contribution in [0.15, 0.2) is 24.3 Å². The highest BCUT2D eigenvalue weighted by atomic mass is 35.5. The Morgan fingerprint density at radius 3 is 2.44 bits per heavy atom. The molecule has 0 aliphatic heterocycles. The molecule has 0 aliphatic rings. The van der Waals surface area contributed by atoms with Gasteiger partial charge in [-0.1, -0.05) is 23.2 Å². The molecule has 16 heavy (non-hydrogen) atoms. The molecular weight excluding hydrogens is 251 g/mol. The highest BCUT2D eigenvalue weighted by Crippen LogP contribution is 2.36. The van der Waals surface area contributed by atoms with E-state index in [9.17, 15) is 10.1 Å². The first-order valence-corrected chi connectivity index (χ1v) is 5.08. The van der Waals surface area contributed by atoms with Crippen molar-refractivity contribution < 1.29 is 4.92 Å². The molecule has 0 radical (unpaired) electrons. The first kappa shape index (κ1) is 11.0. The number of nitrogen functional groups attached to an aromatic ring is 1. The number of rotatable bonds is 1. The number of benzene rings is 2. The highest BCUT2D eigenvalue weighted by Gasteiger charge is 2.12. The van der Waals surface area contributed by atoms with Crippen molar-refractivity contribution in [3.05, 3.63) is 44.4 Å². The SMILES string of the molecule is Nc1c(Cl)cc(Cl)c2ccc([N+](=O)[O-])cc12. The summed E-state index contributed by atoms with van der Waals surface area (Å²) in [5.74, 6) is 0. The number of hydrogen-bond donors (Lipinski definition) is 1. The molecule has 0 aromatic heterocycles. The van der Waals surface area contributed by atoms with Crippen molar-refractivity contribution in [2.45, 2.75) is 0 Å². The first-order chi connectivity index (χ1) is 7.50. The molecule has 0 amide bonds. The Balaban J connectivity index is 2.86. The lowest BCUT2D eigenvalue weighted by Gasteiger charge is -2.06. The second-order valence-electron chi connectivity index (χ2n) is 3.24. The zero-order valence-corrected chi connectivity index (χ0v) is 9.42. The molecule has 0 fully saturated rings. The molecule has 0 bridgehead atoms. The molecule has 0 atom stereocenters. The lowest BCUT2D eigenvalue weighted by molar-refractivity contribution is -0.384. The van der Waals surface area contributed by atoms with Crippen molar-refractivity contribution in [3.8, 4) is 0 Å². The fourth-order valence-corrected chi connectivity index (χ4v) is 2.01. The second-order valence-corrected chi connectivity index (χ2v) is 4.06. The minimum absolute atomic E-state index is 0.0440. The van der Waals surface area contributed by atoms with Crippen LogP contribution in [0.5, 0.6) is 0 Å². The molecule has 82 valence electrons. The zero-order valence-electron chi connectivity index (χ0n) is 7.91. The van der Waals surface area contributed by atoms with Gasteiger partial charge in [-0.15, -0.1) is 0 Å². The Morgan fingerprint density at radius 2 is 1.81 bits per heavy atom. The van der Waals surface area contributed by atoms with E-state index in [-0.39, 0.29) is 10.7 Å². The summed E-state index contributed by atoms with van der Waals surface area (Å²) in [6.45, 7) is 0. The van der Waals surface area contributed by atoms with Crippen LogP contribution in [0.1, 0.15) is 0 Å². The first-order valence-electron chi connectivity index (χ1n) is 4.32. The number of halogens is 2. The average Bonchev–Trinajstić information content (AvgIpc) is 2.25. The number of nitro groups is 1. The number of fused-ring (bicyclic) bond motifs is 1. The smallest absolute Gasteiger partial charge is 0.270 e. The molecule has 2 aromatic rings. The number of non-ortho nitro benzene ring substituents is 1. The van der Waals surface area contributed by atoms with Crippen LogP contribution in [0.3, 0.4) is 0 Å². The van der Waals surface area contributed by atoms with Crippen molar-refractivity contribution in [2.75, 3.05) is 5.73 Å². The zero-order chi connectivity index (χ0) is 11.9. The second kappa shape index (κ2) is 3.81. The van der Waals surface area contributed by atoms with Crippen LogP contribution in [-0.2, 0) is 0 Å². The van der Waals surface area contributed by atoms with Crippen LogP contribution in [0.4, 0.5) is 11.4 Å². The van der Waals surface area contributed by atoms with Crippen LogP contribution in [0, 0.1) is 10.1 Å². The lowest BCUT2D eigenvalue weighted by atomic mass is 10.1. The maximum absolute atomic E-state index is 10.6. The van der Waals surface area contributed by atoms with Crippen molar-refractivity contribution in [1.29, 1.82) is 0 Å². The van der Waals surface area contributed by atoms with Gasteiger partial charge in [0, 0.05) is 22.9 Å². The summed E-state index contributed by atoms with van der Waals surface area (Å²) in [7, 11) is 0. The van der Waals surface area contributed by atoms with Gasteiger partial charge in [-0.05, 0) is 12.1 Å². The minimum Gasteiger partial charge on any atom is -0.397 e. The fourth-order valence-electron chi connectivity index (χ4n) is 1.47. The maximum atomic E-state index is 10.6. The molecule has 4 nitrogen and oxygen atoms in total. The molecule has 2 N–H and O–H groups in total. The van der Waals surface area contributed by atoms with Gasteiger partial charge in [-0.3, -0.25) is 10.1 Å². The van der Waals surface area contributed by atoms with Gasteiger partial charge in [0.25, 0.3) is 5.69 Å². The van der Waals surface area contributed by atoms with Gasteiger partial charge in [-0.25, -0.2) is 0 Å². The number of nitrogens with two attached hydrogens (primary N) is 1. The van der Waals surface area contributed by atoms with E-state index in [0.717, 1.165) is 0 Å². The maximum Gasteiger partial charge on any atom is 0.270 e. The van der Waals surface area contributed by atoms with Gasteiger partial charge in [0.2, 0.25) is 0 Å². The van der Waals surface area contributed by atoms with E-state index in [1.54, 1.807) is 6.07 Å². The highest BCUT2D eigenvalue weighted by molar-refractivity contribution is 6.40. The van der Waals surface area contributed by atoms with Gasteiger partial charge >= 0.3 is 0 Å². The van der Waals surface area contributed by atoms with Gasteiger partial charge < -0.3 is 5.73 Å². The lowest BCUT2D eigenvalue weighted by Crippen LogP contribution is -1.92. The van der Waals surface area contributed by atoms with E-state index < -0.39 is 4.92 Å². The van der Waals surface area contributed by atoms with Crippen LogP contribution < -0.4 is 5.73 Å². The number of hydrogen-bond acceptors (Lipinski definition) is 3. The Morgan fingerprint density at radius 1 is 1.12 bits per heavy atom. The molecule has 0 heterocycles. The molecule has 0 spiro atoms. The van der Waals surface area contributed by atoms with E-state index in [4.69, 9.17) is 28.9 Å². The Kier molecular flexibility index (Phi) is 2.61. The summed E-state index contributed by atoms with van der Waals surface area (Å²) in [6, 6.07) is 5.82. The van der Waals surface area contributed by atoms with Crippen LogP contribution in [-0.4, -0.2) is 4.92 Å². The molecule has 6 heteroatoms. The molecule has 0 saturated heterocycles. The Hall–Kier alpha value is -1.52. The third-order valence-electron chi connectivity index (χ3n) is 2.27. The van der Waals surface area contributed by atoms with Gasteiger partial charge in [0.1, 0.15) is 0 Å². The number of nitro benzene ring substituents is 1. The molecular formula is C10H6Cl2N2O2. The number of anilines is 1. The van der Waals surface area contributed by atoms with Crippen molar-refractivity contribution in [2.24, 2.45) is 0 Å². The topological polar surface area (TPSA) is 69.2 Å². The predicted molar refractivity (Wildman–Crippen MR) is 65.0 cm³/mol. The quantitative estimate of drug-likeness (QED) is 0.481. The van der Waals surface area contributed by atoms with Crippen molar-refractivity contribution in [1.82, 2.24) is 0 Å². The largest absolute Gasteiger partial charge is 0.397 e. The average molecular weight is 257 g/mol. The summed E-state index contributed by atoms with van der Waals surface area (Å²) >= 11 is 11.8. The molecule has 0 saturated carbocycles. The third kappa shape index (κ3) is 1.66. The van der Waals surface area contributed by atoms with Gasteiger partial charge in [0.15, 0.2) is 0 Å². The molecule has 0 aliphatic carbocycles. The van der Waals surface area contributed by atoms with Gasteiger partial charge in [0.05, 0.1) is 20.7 Å². The van der Waals surface area contributed by atoms with E-state index in [1.807, 2.05) is 0 Å². The van der Waals surface area contributed by atoms with E-state index >= 15 is 0 Å².